The summed E-state index contributed by atoms with van der Waals surface area (Å²) in [4.78, 5) is 27.3. The first-order valence-corrected chi connectivity index (χ1v) is 15.4. The van der Waals surface area contributed by atoms with Crippen LogP contribution in [0.4, 0.5) is 0 Å². The van der Waals surface area contributed by atoms with Crippen LogP contribution >= 0.6 is 0 Å². The molecule has 1 spiro atoms. The lowest BCUT2D eigenvalue weighted by Crippen LogP contribution is -2.59. The van der Waals surface area contributed by atoms with Crippen molar-refractivity contribution in [3.8, 4) is 0 Å². The van der Waals surface area contributed by atoms with Crippen LogP contribution in [-0.2, 0) is 30.5 Å². The van der Waals surface area contributed by atoms with E-state index >= 15 is 0 Å². The minimum absolute atomic E-state index is 0.0415. The molecule has 3 rings (SSSR count). The molecule has 2 N–H and O–H groups in total. The molecular weight excluding hydrogens is 480 g/mol. The van der Waals surface area contributed by atoms with E-state index in [1.807, 2.05) is 38.8 Å². The number of aromatic nitrogens is 2. The number of nitrogens with zero attached hydrogens (tertiary/aromatic N) is 3. The highest BCUT2D eigenvalue weighted by atomic mass is 32.2. The number of hydrogen-bond donors (Lipinski definition) is 1. The summed E-state index contributed by atoms with van der Waals surface area (Å²) in [5, 5.41) is 0.636. The van der Waals surface area contributed by atoms with Crippen molar-refractivity contribution in [2.45, 2.75) is 69.9 Å². The summed E-state index contributed by atoms with van der Waals surface area (Å²) in [5.41, 5.74) is 3.91. The van der Waals surface area contributed by atoms with Crippen LogP contribution in [0.5, 0.6) is 0 Å². The van der Waals surface area contributed by atoms with Crippen LogP contribution in [0.25, 0.3) is 0 Å². The van der Waals surface area contributed by atoms with E-state index in [4.69, 9.17) is 19.1 Å². The molecule has 4 atom stereocenters. The highest BCUT2D eigenvalue weighted by molar-refractivity contribution is 7.90. The molecule has 0 aromatic carbocycles. The third kappa shape index (κ3) is 4.33. The Morgan fingerprint density at radius 3 is 2.32 bits per heavy atom. The van der Waals surface area contributed by atoms with Crippen molar-refractivity contribution >= 4 is 18.4 Å². The normalized spacial score (nSPS) is 29.2. The molecule has 34 heavy (non-hydrogen) atoms. The lowest BCUT2D eigenvalue weighted by Gasteiger charge is -2.43. The van der Waals surface area contributed by atoms with Gasteiger partial charge in [0.15, 0.2) is 20.1 Å². The lowest BCUT2D eigenvalue weighted by molar-refractivity contribution is -0.0455. The Kier molecular flexibility index (Phi) is 6.64. The zero-order valence-corrected chi connectivity index (χ0v) is 23.1. The van der Waals surface area contributed by atoms with E-state index in [9.17, 15) is 18.0 Å². The van der Waals surface area contributed by atoms with Gasteiger partial charge < -0.3 is 19.8 Å². The van der Waals surface area contributed by atoms with Crippen molar-refractivity contribution in [3.05, 3.63) is 43.7 Å². The van der Waals surface area contributed by atoms with E-state index < -0.39 is 53.7 Å². The Hall–Kier alpha value is -1.77. The molecule has 0 saturated carbocycles. The second-order valence-corrected chi connectivity index (χ2v) is 17.0. The number of hydrogen-bond acceptors (Lipinski definition) is 9. The van der Waals surface area contributed by atoms with Gasteiger partial charge in [-0.1, -0.05) is 20.8 Å². The highest BCUT2D eigenvalue weighted by Crippen LogP contribution is 2.51. The van der Waals surface area contributed by atoms with Gasteiger partial charge in [0.2, 0.25) is 0 Å². The van der Waals surface area contributed by atoms with Gasteiger partial charge in [-0.3, -0.25) is 13.9 Å². The third-order valence-corrected chi connectivity index (χ3v) is 12.5. The molecule has 0 bridgehead atoms. The highest BCUT2D eigenvalue weighted by Gasteiger charge is 2.67. The lowest BCUT2D eigenvalue weighted by atomic mass is 9.89. The summed E-state index contributed by atoms with van der Waals surface area (Å²) in [6.07, 6.45) is -1.62. The van der Waals surface area contributed by atoms with Gasteiger partial charge in [0.05, 0.1) is 11.1 Å². The van der Waals surface area contributed by atoms with Gasteiger partial charge in [0, 0.05) is 25.4 Å². The van der Waals surface area contributed by atoms with Gasteiger partial charge in [-0.15, -0.1) is 0 Å². The van der Waals surface area contributed by atoms with Crippen LogP contribution in [0.15, 0.2) is 26.9 Å². The van der Waals surface area contributed by atoms with Crippen LogP contribution in [0.1, 0.15) is 32.6 Å². The van der Waals surface area contributed by atoms with E-state index in [-0.39, 0.29) is 17.3 Å². The molecule has 1 saturated heterocycles. The predicted octanol–water partition coefficient (Wildman–Crippen LogP) is 0.604. The summed E-state index contributed by atoms with van der Waals surface area (Å²) < 4.78 is 46.2. The maximum absolute atomic E-state index is 13.2. The summed E-state index contributed by atoms with van der Waals surface area (Å²) in [5.74, 6) is 0. The van der Waals surface area contributed by atoms with E-state index in [1.165, 1.54) is 17.8 Å². The monoisotopic (exact) mass is 516 g/mol. The van der Waals surface area contributed by atoms with E-state index in [1.54, 1.807) is 21.0 Å². The Morgan fingerprint density at radius 1 is 1.26 bits per heavy atom. The molecule has 11 nitrogen and oxygen atoms in total. The van der Waals surface area contributed by atoms with Crippen molar-refractivity contribution < 1.29 is 21.8 Å². The van der Waals surface area contributed by atoms with Crippen LogP contribution in [0.2, 0.25) is 18.1 Å². The quantitative estimate of drug-likeness (QED) is 0.441. The standard InChI is InChI=1S/C21H36N4O7SSi/c1-13-10-25(19(27)24(7)17(13)26)18-16(31-34(8,9)20(2,3)4)21(15(30-18)11-23(5)6)14(22)12-33(28,29)32-21/h10,12,15-16,18H,11,22H2,1-9H3/t15?,16-,18+,21?/m0/s1. The molecule has 1 aromatic rings. The van der Waals surface area contributed by atoms with Crippen molar-refractivity contribution in [3.63, 3.8) is 0 Å². The summed E-state index contributed by atoms with van der Waals surface area (Å²) in [6.45, 7) is 12.0. The average Bonchev–Trinajstić information content (AvgIpc) is 3.08. The van der Waals surface area contributed by atoms with Crippen molar-refractivity contribution in [1.29, 1.82) is 0 Å². The summed E-state index contributed by atoms with van der Waals surface area (Å²) >= 11 is 0. The second-order valence-electron chi connectivity index (χ2n) is 10.9. The number of likely N-dealkylation sites (N-methyl/N-ethyl adjacent to an activating group) is 1. The number of ether oxygens (including phenoxy) is 1. The molecule has 192 valence electrons. The van der Waals surface area contributed by atoms with Crippen molar-refractivity contribution in [2.75, 3.05) is 20.6 Å². The number of nitrogens with two attached hydrogens (primary N) is 1. The summed E-state index contributed by atoms with van der Waals surface area (Å²) in [6, 6.07) is 0. The topological polar surface area (TPSA) is 135 Å². The van der Waals surface area contributed by atoms with Gasteiger partial charge >= 0.3 is 5.69 Å². The average molecular weight is 517 g/mol. The molecule has 2 unspecified atom stereocenters. The van der Waals surface area contributed by atoms with Gasteiger partial charge in [0.25, 0.3) is 15.7 Å². The SMILES string of the molecule is Cc1cn([C@@H]2OC(CN(C)C)C3(OS(=O)(=O)C=C3N)[C@H]2O[Si](C)(C)C(C)(C)C)c(=O)n(C)c1=O. The second kappa shape index (κ2) is 8.42. The van der Waals surface area contributed by atoms with Crippen LogP contribution < -0.4 is 17.0 Å². The van der Waals surface area contributed by atoms with Gasteiger partial charge in [0.1, 0.15) is 12.2 Å². The predicted molar refractivity (Wildman–Crippen MR) is 130 cm³/mol. The fourth-order valence-corrected chi connectivity index (χ4v) is 6.59. The molecule has 2 aliphatic rings. The Labute approximate surface area is 201 Å². The third-order valence-electron chi connectivity index (χ3n) is 6.96. The van der Waals surface area contributed by atoms with Gasteiger partial charge in [-0.2, -0.15) is 8.42 Å². The van der Waals surface area contributed by atoms with Crippen LogP contribution in [0.3, 0.4) is 0 Å². The first-order valence-electron chi connectivity index (χ1n) is 11.0. The molecule has 13 heteroatoms. The molecule has 3 heterocycles. The molecular formula is C21H36N4O7SSi. The summed E-state index contributed by atoms with van der Waals surface area (Å²) in [7, 11) is -1.70. The van der Waals surface area contributed by atoms with Crippen molar-refractivity contribution in [1.82, 2.24) is 14.0 Å². The molecule has 1 aromatic heterocycles. The number of rotatable bonds is 5. The largest absolute Gasteiger partial charge is 0.406 e. The Morgan fingerprint density at radius 2 is 1.85 bits per heavy atom. The van der Waals surface area contributed by atoms with Crippen LogP contribution in [-0.4, -0.2) is 69.2 Å². The first-order chi connectivity index (χ1) is 15.3. The van der Waals surface area contributed by atoms with Gasteiger partial charge in [-0.05, 0) is 39.2 Å². The molecule has 0 amide bonds. The zero-order chi connectivity index (χ0) is 26.0. The molecule has 0 aliphatic carbocycles. The zero-order valence-electron chi connectivity index (χ0n) is 21.3. The minimum atomic E-state index is -4.11. The van der Waals surface area contributed by atoms with E-state index in [0.717, 1.165) is 9.98 Å². The number of aryl methyl sites for hydroxylation is 1. The molecule has 1 fully saturated rings. The molecule has 0 radical (unpaired) electrons. The maximum Gasteiger partial charge on any atom is 0.332 e. The van der Waals surface area contributed by atoms with Crippen molar-refractivity contribution in [2.24, 2.45) is 12.8 Å². The van der Waals surface area contributed by atoms with Gasteiger partial charge in [-0.25, -0.2) is 8.98 Å². The first kappa shape index (κ1) is 26.8. The van der Waals surface area contributed by atoms with E-state index in [0.29, 0.717) is 5.56 Å². The Balaban J connectivity index is 2.30. The molecule has 2 aliphatic heterocycles. The fraction of sp³-hybridized carbons (Fsp3) is 0.714. The smallest absolute Gasteiger partial charge is 0.332 e. The van der Waals surface area contributed by atoms with Crippen LogP contribution in [0, 0.1) is 6.92 Å². The fourth-order valence-electron chi connectivity index (χ4n) is 4.09. The minimum Gasteiger partial charge on any atom is -0.406 e. The van der Waals surface area contributed by atoms with E-state index in [2.05, 4.69) is 0 Å². The maximum atomic E-state index is 13.2. The Bertz CT molecular complexity index is 1230.